The van der Waals surface area contributed by atoms with Crippen molar-refractivity contribution in [3.8, 4) is 0 Å². The molecular formula is C43H49IN4S3. The maximum absolute atomic E-state index is 9.13. The fourth-order valence-electron chi connectivity index (χ4n) is 6.87. The number of fused-ring (bicyclic) bond motifs is 1. The van der Waals surface area contributed by atoms with Crippen molar-refractivity contribution in [1.29, 1.82) is 5.41 Å². The standard InChI is InChI=1S/C43H49IN4S3/c1-8-29-20-22-30(23-21-29)28-49-40(45)51-41(46)50-39-31(24-26-37(47-6)42(2,3)33-16-9-11-18-35(33)44)14-13-15-32(39)25-27-38-43(4,5)34-17-10-12-19-36(34)48(38)7/h8-12,16-27,40,46H,1,13-15,28,45H2,2-7H3/b26-24+,32-25+,38-27+,46-41?,47-37+. The van der Waals surface area contributed by atoms with Crippen molar-refractivity contribution in [3.05, 3.63) is 151 Å². The number of halogens is 1. The topological polar surface area (TPSA) is 65.5 Å². The molecule has 266 valence electrons. The van der Waals surface area contributed by atoms with Crippen LogP contribution in [0.2, 0.25) is 0 Å². The van der Waals surface area contributed by atoms with Crippen molar-refractivity contribution in [1.82, 2.24) is 0 Å². The van der Waals surface area contributed by atoms with Crippen LogP contribution in [0.4, 0.5) is 5.69 Å². The number of nitrogens with zero attached hydrogens (tertiary/aromatic N) is 2. The number of thioether (sulfide) groups is 3. The van der Waals surface area contributed by atoms with Crippen LogP contribution in [0.15, 0.2) is 130 Å². The van der Waals surface area contributed by atoms with Gasteiger partial charge >= 0.3 is 0 Å². The van der Waals surface area contributed by atoms with E-state index < -0.39 is 0 Å². The molecule has 0 radical (unpaired) electrons. The van der Waals surface area contributed by atoms with E-state index in [0.717, 1.165) is 41.2 Å². The molecule has 2 aliphatic rings. The van der Waals surface area contributed by atoms with Crippen LogP contribution in [-0.2, 0) is 16.6 Å². The highest BCUT2D eigenvalue weighted by Crippen LogP contribution is 2.47. The van der Waals surface area contributed by atoms with Gasteiger partial charge in [0.1, 0.15) is 9.08 Å². The smallest absolute Gasteiger partial charge is 0.128 e. The van der Waals surface area contributed by atoms with Crippen LogP contribution in [0, 0.1) is 8.98 Å². The largest absolute Gasteiger partial charge is 0.347 e. The minimum Gasteiger partial charge on any atom is -0.347 e. The number of hydrogen-bond donors (Lipinski definition) is 2. The fourth-order valence-corrected chi connectivity index (χ4v) is 11.2. The highest BCUT2D eigenvalue weighted by molar-refractivity contribution is 14.1. The van der Waals surface area contributed by atoms with Gasteiger partial charge in [0.15, 0.2) is 0 Å². The quantitative estimate of drug-likeness (QED) is 0.0871. The first-order valence-electron chi connectivity index (χ1n) is 17.3. The summed E-state index contributed by atoms with van der Waals surface area (Å²) in [6.07, 6.45) is 13.9. The van der Waals surface area contributed by atoms with Gasteiger partial charge in [-0.25, -0.2) is 0 Å². The third kappa shape index (κ3) is 9.25. The Labute approximate surface area is 332 Å². The normalized spacial score (nSPS) is 18.5. The van der Waals surface area contributed by atoms with Crippen LogP contribution in [0.5, 0.6) is 0 Å². The third-order valence-electron chi connectivity index (χ3n) is 9.78. The zero-order valence-electron chi connectivity index (χ0n) is 30.5. The Bertz CT molecular complexity index is 1920. The molecule has 0 amide bonds. The summed E-state index contributed by atoms with van der Waals surface area (Å²) in [6, 6.07) is 25.6. The van der Waals surface area contributed by atoms with E-state index in [0.29, 0.717) is 4.38 Å². The van der Waals surface area contributed by atoms with Gasteiger partial charge in [0.2, 0.25) is 0 Å². The molecule has 1 aliphatic heterocycles. The molecule has 0 bridgehead atoms. The molecule has 3 N–H and O–H groups in total. The van der Waals surface area contributed by atoms with Crippen molar-refractivity contribution >= 4 is 79.7 Å². The Balaban J connectivity index is 1.44. The molecule has 1 atom stereocenters. The van der Waals surface area contributed by atoms with Crippen molar-refractivity contribution in [3.63, 3.8) is 0 Å². The summed E-state index contributed by atoms with van der Waals surface area (Å²) in [4.78, 5) is 8.27. The zero-order valence-corrected chi connectivity index (χ0v) is 35.1. The van der Waals surface area contributed by atoms with Gasteiger partial charge in [-0.1, -0.05) is 137 Å². The van der Waals surface area contributed by atoms with Gasteiger partial charge in [-0.05, 0) is 99.5 Å². The summed E-state index contributed by atoms with van der Waals surface area (Å²) < 4.78 is 1.49. The fraction of sp³-hybridized carbons (Fsp3) is 0.302. The van der Waals surface area contributed by atoms with Crippen molar-refractivity contribution < 1.29 is 0 Å². The summed E-state index contributed by atoms with van der Waals surface area (Å²) in [5.74, 6) is 0.792. The maximum atomic E-state index is 9.13. The van der Waals surface area contributed by atoms with Crippen LogP contribution in [0.3, 0.4) is 0 Å². The molecule has 4 nitrogen and oxygen atoms in total. The first-order valence-corrected chi connectivity index (χ1v) is 21.1. The highest BCUT2D eigenvalue weighted by Gasteiger charge is 2.38. The molecule has 0 fully saturated rings. The number of aliphatic imine (C=N–C) groups is 1. The number of benzene rings is 3. The molecule has 0 saturated heterocycles. The number of allylic oxidation sites excluding steroid dienone is 7. The average Bonchev–Trinajstić information content (AvgIpc) is 3.31. The lowest BCUT2D eigenvalue weighted by Gasteiger charge is -2.27. The second-order valence-corrected chi connectivity index (χ2v) is 18.9. The average molecular weight is 845 g/mol. The van der Waals surface area contributed by atoms with E-state index >= 15 is 0 Å². The molecule has 0 spiro atoms. The van der Waals surface area contributed by atoms with Gasteiger partial charge in [-0.15, -0.1) is 11.8 Å². The maximum Gasteiger partial charge on any atom is 0.128 e. The third-order valence-corrected chi connectivity index (χ3v) is 14.1. The first kappa shape index (κ1) is 39.4. The molecule has 0 aromatic heterocycles. The second kappa shape index (κ2) is 17.4. The SMILES string of the molecule is C=Cc1ccc(CSC(N)SC(=N)SC2=C(/C=C/C(=N\C)C(C)(C)c3ccccc3I)CCC/C2=C\C=C2\N(C)c3ccccc3C2(C)C)cc1. The Kier molecular flexibility index (Phi) is 13.4. The van der Waals surface area contributed by atoms with E-state index in [2.05, 4.69) is 166 Å². The van der Waals surface area contributed by atoms with Crippen LogP contribution in [0.1, 0.15) is 69.2 Å². The van der Waals surface area contributed by atoms with Crippen molar-refractivity contribution in [2.24, 2.45) is 10.7 Å². The van der Waals surface area contributed by atoms with Gasteiger partial charge in [0.25, 0.3) is 0 Å². The van der Waals surface area contributed by atoms with Crippen LogP contribution < -0.4 is 10.6 Å². The minimum absolute atomic E-state index is 0.109. The molecule has 3 aromatic carbocycles. The van der Waals surface area contributed by atoms with Crippen LogP contribution in [0.25, 0.3) is 6.08 Å². The Morgan fingerprint density at radius 1 is 1.06 bits per heavy atom. The number of hydrogen-bond acceptors (Lipinski definition) is 7. The first-order chi connectivity index (χ1) is 24.4. The molecule has 1 unspecified atom stereocenters. The summed E-state index contributed by atoms with van der Waals surface area (Å²) >= 11 is 7.06. The number of anilines is 1. The minimum atomic E-state index is -0.263. The van der Waals surface area contributed by atoms with Gasteiger partial charge in [-0.3, -0.25) is 10.4 Å². The predicted molar refractivity (Wildman–Crippen MR) is 238 cm³/mol. The summed E-state index contributed by atoms with van der Waals surface area (Å²) in [5, 5.41) is 9.13. The summed E-state index contributed by atoms with van der Waals surface area (Å²) in [5.41, 5.74) is 17.2. The van der Waals surface area contributed by atoms with Crippen LogP contribution >= 0.6 is 57.9 Å². The lowest BCUT2D eigenvalue weighted by Crippen LogP contribution is -2.28. The predicted octanol–water partition coefficient (Wildman–Crippen LogP) is 12.1. The van der Waals surface area contributed by atoms with E-state index in [1.165, 1.54) is 54.6 Å². The number of likely N-dealkylation sites (N-methyl/N-ethyl adjacent to an activating group) is 1. The van der Waals surface area contributed by atoms with Crippen LogP contribution in [-0.4, -0.2) is 28.9 Å². The molecule has 1 aliphatic carbocycles. The molecular weight excluding hydrogens is 796 g/mol. The Hall–Kier alpha value is -2.76. The van der Waals surface area contributed by atoms with E-state index in [9.17, 15) is 0 Å². The monoisotopic (exact) mass is 844 g/mol. The van der Waals surface area contributed by atoms with Gasteiger partial charge in [0, 0.05) is 56.2 Å². The molecule has 0 saturated carbocycles. The summed E-state index contributed by atoms with van der Waals surface area (Å²) in [6.45, 7) is 13.0. The number of nitrogens with two attached hydrogens (primary N) is 1. The lowest BCUT2D eigenvalue weighted by atomic mass is 9.79. The molecule has 51 heavy (non-hydrogen) atoms. The number of nitrogens with one attached hydrogen (secondary N) is 1. The van der Waals surface area contributed by atoms with Gasteiger partial charge < -0.3 is 10.6 Å². The second-order valence-electron chi connectivity index (χ2n) is 13.8. The Morgan fingerprint density at radius 2 is 1.76 bits per heavy atom. The van der Waals surface area contributed by atoms with Crippen molar-refractivity contribution in [2.75, 3.05) is 19.0 Å². The molecule has 5 rings (SSSR count). The number of para-hydroxylation sites is 1. The molecule has 8 heteroatoms. The Morgan fingerprint density at radius 3 is 2.45 bits per heavy atom. The van der Waals surface area contributed by atoms with Crippen molar-refractivity contribution in [2.45, 2.75) is 68.2 Å². The van der Waals surface area contributed by atoms with Gasteiger partial charge in [0.05, 0.1) is 0 Å². The van der Waals surface area contributed by atoms with E-state index in [1.54, 1.807) is 23.5 Å². The number of rotatable bonds is 11. The molecule has 3 aromatic rings. The highest BCUT2D eigenvalue weighted by atomic mass is 127. The zero-order chi connectivity index (χ0) is 36.8. The van der Waals surface area contributed by atoms with Gasteiger partial charge in [-0.2, -0.15) is 0 Å². The summed E-state index contributed by atoms with van der Waals surface area (Å²) in [7, 11) is 4.05. The van der Waals surface area contributed by atoms with E-state index in [1.807, 2.05) is 13.1 Å². The van der Waals surface area contributed by atoms with E-state index in [-0.39, 0.29) is 15.5 Å². The molecule has 1 heterocycles. The van der Waals surface area contributed by atoms with E-state index in [4.69, 9.17) is 16.1 Å². The lowest BCUT2D eigenvalue weighted by molar-refractivity contribution is 0.640.